The molecule has 3 heterocycles. The van der Waals surface area contributed by atoms with Crippen LogP contribution in [0.1, 0.15) is 50.4 Å². The van der Waals surface area contributed by atoms with Gasteiger partial charge in [-0.05, 0) is 69.2 Å². The van der Waals surface area contributed by atoms with Crippen molar-refractivity contribution in [2.24, 2.45) is 17.3 Å². The van der Waals surface area contributed by atoms with Crippen LogP contribution < -0.4 is 14.4 Å². The zero-order chi connectivity index (χ0) is 30.3. The van der Waals surface area contributed by atoms with Crippen LogP contribution in [0.2, 0.25) is 6.04 Å². The molecule has 3 aromatic rings. The van der Waals surface area contributed by atoms with Crippen molar-refractivity contribution in [1.29, 1.82) is 0 Å². The number of rotatable bonds is 10. The molecular weight excluding hydrogens is 583 g/mol. The molecule has 1 aromatic carbocycles. The van der Waals surface area contributed by atoms with Crippen LogP contribution in [0, 0.1) is 17.3 Å². The van der Waals surface area contributed by atoms with E-state index < -0.39 is 35.5 Å². The van der Waals surface area contributed by atoms with Gasteiger partial charge in [0.1, 0.15) is 29.2 Å². The second-order valence-electron chi connectivity index (χ2n) is 12.0. The Morgan fingerprint density at radius 1 is 1.21 bits per heavy atom. The Labute approximate surface area is 249 Å². The monoisotopic (exact) mass is 619 g/mol. The molecule has 0 spiro atoms. The summed E-state index contributed by atoms with van der Waals surface area (Å²) in [6, 6.07) is 14.6. The van der Waals surface area contributed by atoms with E-state index in [9.17, 15) is 22.5 Å². The van der Waals surface area contributed by atoms with Gasteiger partial charge in [-0.25, -0.2) is 9.67 Å². The zero-order valence-electron chi connectivity index (χ0n) is 24.1. The number of carbonyl (C=O) groups is 1. The fourth-order valence-corrected chi connectivity index (χ4v) is 6.93. The summed E-state index contributed by atoms with van der Waals surface area (Å²) in [4.78, 5) is 21.0. The number of amides is 1. The molecule has 0 radical (unpaired) electrons. The summed E-state index contributed by atoms with van der Waals surface area (Å²) in [5.41, 5.74) is -1.82. The minimum Gasteiger partial charge on any atom is -0.588 e. The number of hydrogen-bond acceptors (Lipinski definition) is 6. The predicted molar refractivity (Wildman–Crippen MR) is 158 cm³/mol. The Bertz CT molecular complexity index is 1420. The van der Waals surface area contributed by atoms with Gasteiger partial charge in [0.05, 0.1) is 5.56 Å². The molecule has 1 saturated heterocycles. The number of nitrogens with one attached hydrogen (secondary N) is 1. The number of hydrogen-bond donors (Lipinski definition) is 1. The summed E-state index contributed by atoms with van der Waals surface area (Å²) in [7, 11) is 1.10. The lowest BCUT2D eigenvalue weighted by molar-refractivity contribution is -0.194. The minimum absolute atomic E-state index is 0.0478. The fraction of sp³-hybridized carbons (Fsp3) is 0.483. The minimum atomic E-state index is -4.32. The van der Waals surface area contributed by atoms with Crippen LogP contribution in [0.25, 0.3) is 5.82 Å². The lowest BCUT2D eigenvalue weighted by atomic mass is 9.89. The second-order valence-corrected chi connectivity index (χ2v) is 14.0. The number of carbonyl (C=O) groups excluding carboxylic acids is 1. The van der Waals surface area contributed by atoms with Gasteiger partial charge < -0.3 is 14.2 Å². The first-order valence-corrected chi connectivity index (χ1v) is 16.7. The molecule has 1 N–H and O–H groups in total. The van der Waals surface area contributed by atoms with Gasteiger partial charge in [-0.2, -0.15) is 17.9 Å². The van der Waals surface area contributed by atoms with Gasteiger partial charge in [0.2, 0.25) is 5.88 Å². The largest absolute Gasteiger partial charge is 0.588 e. The Hall–Kier alpha value is -3.03. The molecule has 1 amide bonds. The van der Waals surface area contributed by atoms with Crippen molar-refractivity contribution in [1.82, 2.24) is 19.5 Å². The number of halogens is 3. The molecule has 226 valence electrons. The lowest BCUT2D eigenvalue weighted by Gasteiger charge is -2.33. The summed E-state index contributed by atoms with van der Waals surface area (Å²) < 4.78 is 62.4. The second kappa shape index (κ2) is 11.6. The normalized spacial score (nSPS) is 20.7. The summed E-state index contributed by atoms with van der Waals surface area (Å²) in [5.74, 6) is 1.32. The van der Waals surface area contributed by atoms with Crippen LogP contribution in [0.5, 0.6) is 5.88 Å². The van der Waals surface area contributed by atoms with E-state index in [2.05, 4.69) is 35.5 Å². The summed E-state index contributed by atoms with van der Waals surface area (Å²) in [5, 5.41) is 4.32. The van der Waals surface area contributed by atoms with Gasteiger partial charge in [-0.3, -0.25) is 4.79 Å². The van der Waals surface area contributed by atoms with E-state index in [4.69, 9.17) is 9.72 Å². The van der Waals surface area contributed by atoms with Crippen LogP contribution in [0.3, 0.4) is 0 Å². The Morgan fingerprint density at radius 3 is 2.57 bits per heavy atom. The molecule has 3 unspecified atom stereocenters. The van der Waals surface area contributed by atoms with Crippen molar-refractivity contribution in [3.63, 3.8) is 0 Å². The quantitative estimate of drug-likeness (QED) is 0.266. The van der Waals surface area contributed by atoms with E-state index in [0.717, 1.165) is 22.7 Å². The number of anilines is 1. The van der Waals surface area contributed by atoms with Crippen LogP contribution in [0.4, 0.5) is 19.0 Å². The molecule has 42 heavy (non-hydrogen) atoms. The summed E-state index contributed by atoms with van der Waals surface area (Å²) >= 11 is -1.76. The standard InChI is InChI=1S/C29H36F3N5O3SSi/c1-19(17-42)20-15-27(2,3)36(16-20)25-22(26(38)35-41(39)21-7-5-4-6-8-21)9-10-23(33-25)37-14-11-24(34-37)40-18-28(12-13-28)29(30,31)32/h4-11,14,19-20H,12-13,15-18H2,1-3,42H3,(H,35,38). The molecule has 13 heteroatoms. The Morgan fingerprint density at radius 2 is 1.93 bits per heavy atom. The third kappa shape index (κ3) is 6.18. The van der Waals surface area contributed by atoms with Gasteiger partial charge in [0, 0.05) is 34.6 Å². The van der Waals surface area contributed by atoms with E-state index in [1.165, 1.54) is 10.7 Å². The number of ether oxygens (including phenoxy) is 1. The highest BCUT2D eigenvalue weighted by Gasteiger charge is 2.64. The average molecular weight is 620 g/mol. The van der Waals surface area contributed by atoms with Crippen LogP contribution in [-0.4, -0.2) is 60.3 Å². The number of aromatic nitrogens is 3. The van der Waals surface area contributed by atoms with Crippen molar-refractivity contribution in [2.45, 2.75) is 62.7 Å². The van der Waals surface area contributed by atoms with Gasteiger partial charge in [-0.15, -0.1) is 5.10 Å². The summed E-state index contributed by atoms with van der Waals surface area (Å²) in [6.07, 6.45) is -1.72. The zero-order valence-corrected chi connectivity index (χ0v) is 27.0. The third-order valence-electron chi connectivity index (χ3n) is 8.61. The van der Waals surface area contributed by atoms with E-state index in [0.29, 0.717) is 34.9 Å². The molecule has 3 atom stereocenters. The maximum atomic E-state index is 13.5. The highest BCUT2D eigenvalue weighted by Crippen LogP contribution is 2.57. The smallest absolute Gasteiger partial charge is 0.397 e. The van der Waals surface area contributed by atoms with E-state index in [1.807, 2.05) is 0 Å². The van der Waals surface area contributed by atoms with Crippen LogP contribution >= 0.6 is 0 Å². The first-order chi connectivity index (χ1) is 19.8. The number of benzene rings is 1. The van der Waals surface area contributed by atoms with Crippen LogP contribution in [0.15, 0.2) is 59.6 Å². The molecule has 1 aliphatic carbocycles. The number of nitrogens with zero attached hydrogens (tertiary/aromatic N) is 4. The van der Waals surface area contributed by atoms with Crippen molar-refractivity contribution in [3.05, 3.63) is 60.3 Å². The predicted octanol–water partition coefficient (Wildman–Crippen LogP) is 4.47. The van der Waals surface area contributed by atoms with Crippen molar-refractivity contribution >= 4 is 33.3 Å². The van der Waals surface area contributed by atoms with Gasteiger partial charge in [0.15, 0.2) is 10.7 Å². The Balaban J connectivity index is 1.44. The van der Waals surface area contributed by atoms with E-state index >= 15 is 0 Å². The first-order valence-electron chi connectivity index (χ1n) is 14.2. The van der Waals surface area contributed by atoms with Crippen molar-refractivity contribution in [2.75, 3.05) is 18.1 Å². The van der Waals surface area contributed by atoms with Gasteiger partial charge in [-0.1, -0.05) is 31.2 Å². The van der Waals surface area contributed by atoms with Crippen molar-refractivity contribution < 1.29 is 27.3 Å². The molecule has 5 rings (SSSR count). The fourth-order valence-electron chi connectivity index (χ4n) is 5.46. The Kier molecular flexibility index (Phi) is 8.38. The third-order valence-corrected chi connectivity index (χ3v) is 11.0. The molecule has 2 aliphatic rings. The van der Waals surface area contributed by atoms with Crippen LogP contribution in [-0.2, 0) is 11.4 Å². The molecule has 2 fully saturated rings. The van der Waals surface area contributed by atoms with E-state index in [1.54, 1.807) is 48.7 Å². The lowest BCUT2D eigenvalue weighted by Crippen LogP contribution is -2.41. The highest BCUT2D eigenvalue weighted by molar-refractivity contribution is 7.90. The topological polar surface area (TPSA) is 95.3 Å². The first kappa shape index (κ1) is 30.4. The maximum absolute atomic E-state index is 13.5. The number of alkyl halides is 3. The molecule has 1 aliphatic heterocycles. The molecular formula is C29H36F3N5O3SSi. The van der Waals surface area contributed by atoms with Gasteiger partial charge >= 0.3 is 6.18 Å². The van der Waals surface area contributed by atoms with Gasteiger partial charge in [0.25, 0.3) is 5.91 Å². The molecule has 2 aromatic heterocycles. The SMILES string of the molecule is CC(C[SiH3])C1CN(c2nc(-n3ccc(OCC4(C(F)(F)F)CC4)n3)ccc2C(=O)N[S+]([O-])c2ccccc2)C(C)(C)C1. The average Bonchev–Trinajstić information content (AvgIpc) is 3.51. The maximum Gasteiger partial charge on any atom is 0.397 e. The van der Waals surface area contributed by atoms with Crippen molar-refractivity contribution in [3.8, 4) is 11.7 Å². The molecule has 1 saturated carbocycles. The van der Waals surface area contributed by atoms with E-state index in [-0.39, 0.29) is 29.8 Å². The highest BCUT2D eigenvalue weighted by atomic mass is 32.2. The molecule has 8 nitrogen and oxygen atoms in total. The summed E-state index contributed by atoms with van der Waals surface area (Å²) in [6.45, 7) is 6.74. The molecule has 0 bridgehead atoms. The number of pyridine rings is 1.